The van der Waals surface area contributed by atoms with E-state index in [0.29, 0.717) is 19.5 Å². The van der Waals surface area contributed by atoms with E-state index >= 15 is 0 Å². The lowest BCUT2D eigenvalue weighted by molar-refractivity contribution is -0.121. The third-order valence-electron chi connectivity index (χ3n) is 4.95. The molecule has 6 nitrogen and oxygen atoms in total. The van der Waals surface area contributed by atoms with Crippen LogP contribution < -0.4 is 10.6 Å². The van der Waals surface area contributed by atoms with Gasteiger partial charge in [0.25, 0.3) is 0 Å². The molecule has 0 bridgehead atoms. The summed E-state index contributed by atoms with van der Waals surface area (Å²) >= 11 is 0. The zero-order valence-corrected chi connectivity index (χ0v) is 17.2. The van der Waals surface area contributed by atoms with Crippen molar-refractivity contribution in [2.24, 2.45) is 0 Å². The van der Waals surface area contributed by atoms with Crippen molar-refractivity contribution in [1.29, 1.82) is 0 Å². The summed E-state index contributed by atoms with van der Waals surface area (Å²) in [5.74, 6) is 0.0721. The number of hydrogen-bond acceptors (Lipinski definition) is 3. The van der Waals surface area contributed by atoms with Gasteiger partial charge in [-0.2, -0.15) is 0 Å². The minimum absolute atomic E-state index is 0.0721. The maximum Gasteiger partial charge on any atom is 0.407 e. The number of nitrogens with one attached hydrogen (secondary N) is 3. The fourth-order valence-corrected chi connectivity index (χ4v) is 3.29. The summed E-state index contributed by atoms with van der Waals surface area (Å²) in [5, 5.41) is 6.90. The lowest BCUT2D eigenvalue weighted by atomic mass is 10.1. The van der Waals surface area contributed by atoms with E-state index in [2.05, 4.69) is 21.7 Å². The molecule has 2 aromatic carbocycles. The Kier molecular flexibility index (Phi) is 8.33. The van der Waals surface area contributed by atoms with Crippen LogP contribution in [0, 0.1) is 0 Å². The Labute approximate surface area is 177 Å². The predicted molar refractivity (Wildman–Crippen MR) is 118 cm³/mol. The summed E-state index contributed by atoms with van der Waals surface area (Å²) in [5.41, 5.74) is 3.24. The van der Waals surface area contributed by atoms with Gasteiger partial charge in [0.2, 0.25) is 5.91 Å². The number of hydrogen-bond donors (Lipinski definition) is 3. The number of amides is 2. The van der Waals surface area contributed by atoms with Crippen molar-refractivity contribution in [3.8, 4) is 0 Å². The van der Waals surface area contributed by atoms with Crippen LogP contribution in [-0.2, 0) is 22.6 Å². The molecule has 3 N–H and O–H groups in total. The maximum absolute atomic E-state index is 12.0. The average Bonchev–Trinajstić information content (AvgIpc) is 3.19. The number of benzene rings is 2. The summed E-state index contributed by atoms with van der Waals surface area (Å²) in [6, 6.07) is 17.7. The molecule has 1 aromatic heterocycles. The van der Waals surface area contributed by atoms with Crippen molar-refractivity contribution in [3.05, 3.63) is 71.9 Å². The van der Waals surface area contributed by atoms with Crippen LogP contribution in [0.4, 0.5) is 4.79 Å². The first-order chi connectivity index (χ1) is 14.7. The van der Waals surface area contributed by atoms with E-state index in [1.807, 2.05) is 54.7 Å². The molecule has 0 saturated carbocycles. The molecule has 3 aromatic rings. The molecule has 0 saturated heterocycles. The number of ether oxygens (including phenoxy) is 1. The molecule has 0 spiro atoms. The number of rotatable bonds is 11. The molecule has 6 heteroatoms. The number of alkyl carbamates (subject to hydrolysis) is 1. The molecule has 1 heterocycles. The molecule has 0 atom stereocenters. The number of aromatic nitrogens is 1. The molecule has 3 rings (SSSR count). The molecule has 158 valence electrons. The van der Waals surface area contributed by atoms with Gasteiger partial charge in [0.1, 0.15) is 6.61 Å². The quantitative estimate of drug-likeness (QED) is 0.414. The number of H-pyrrole nitrogens is 1. The first-order valence-corrected chi connectivity index (χ1v) is 10.5. The van der Waals surface area contributed by atoms with Gasteiger partial charge in [-0.25, -0.2) is 4.79 Å². The monoisotopic (exact) mass is 407 g/mol. The van der Waals surface area contributed by atoms with E-state index in [1.165, 1.54) is 10.9 Å². The summed E-state index contributed by atoms with van der Waals surface area (Å²) < 4.78 is 5.16. The topological polar surface area (TPSA) is 83.2 Å². The Balaban J connectivity index is 1.19. The highest BCUT2D eigenvalue weighted by Crippen LogP contribution is 2.18. The van der Waals surface area contributed by atoms with Crippen LogP contribution in [-0.4, -0.2) is 30.1 Å². The van der Waals surface area contributed by atoms with Crippen LogP contribution in [0.3, 0.4) is 0 Å². The fourth-order valence-electron chi connectivity index (χ4n) is 3.29. The Morgan fingerprint density at radius 1 is 0.867 bits per heavy atom. The number of para-hydroxylation sites is 1. The van der Waals surface area contributed by atoms with Crippen molar-refractivity contribution in [1.82, 2.24) is 15.6 Å². The minimum Gasteiger partial charge on any atom is -0.445 e. The SMILES string of the molecule is O=C(CCc1c[nH]c2ccccc12)NCCCCCNC(=O)OCc1ccccc1. The highest BCUT2D eigenvalue weighted by atomic mass is 16.5. The summed E-state index contributed by atoms with van der Waals surface area (Å²) in [4.78, 5) is 26.9. The van der Waals surface area contributed by atoms with Crippen molar-refractivity contribution < 1.29 is 14.3 Å². The van der Waals surface area contributed by atoms with Crippen molar-refractivity contribution in [2.75, 3.05) is 13.1 Å². The number of unbranched alkanes of at least 4 members (excludes halogenated alkanes) is 2. The number of carbonyl (C=O) groups excluding carboxylic acids is 2. The second-order valence-electron chi connectivity index (χ2n) is 7.26. The maximum atomic E-state index is 12.0. The van der Waals surface area contributed by atoms with Crippen molar-refractivity contribution >= 4 is 22.9 Å². The highest BCUT2D eigenvalue weighted by molar-refractivity contribution is 5.84. The molecule has 2 amide bonds. The van der Waals surface area contributed by atoms with Crippen LogP contribution in [0.2, 0.25) is 0 Å². The third kappa shape index (κ3) is 6.95. The molecule has 0 aliphatic carbocycles. The lowest BCUT2D eigenvalue weighted by Gasteiger charge is -2.08. The standard InChI is InChI=1S/C24H29N3O3/c28-23(14-13-20-17-27-22-12-6-5-11-21(20)22)25-15-7-2-8-16-26-24(29)30-18-19-9-3-1-4-10-19/h1,3-6,9-12,17,27H,2,7-8,13-16,18H2,(H,25,28)(H,26,29). The third-order valence-corrected chi connectivity index (χ3v) is 4.95. The van der Waals surface area contributed by atoms with Crippen LogP contribution in [0.1, 0.15) is 36.8 Å². The van der Waals surface area contributed by atoms with Gasteiger partial charge in [-0.05, 0) is 42.9 Å². The van der Waals surface area contributed by atoms with Gasteiger partial charge in [-0.15, -0.1) is 0 Å². The molecule has 0 aliphatic rings. The number of aryl methyl sites for hydroxylation is 1. The van der Waals surface area contributed by atoms with Gasteiger partial charge < -0.3 is 20.4 Å². The molecule has 0 aliphatic heterocycles. The van der Waals surface area contributed by atoms with Gasteiger partial charge in [0.05, 0.1) is 0 Å². The molecular formula is C24H29N3O3. The smallest absolute Gasteiger partial charge is 0.407 e. The Bertz CT molecular complexity index is 937. The molecule has 0 unspecified atom stereocenters. The van der Waals surface area contributed by atoms with Crippen LogP contribution in [0.5, 0.6) is 0 Å². The Morgan fingerprint density at radius 3 is 2.43 bits per heavy atom. The van der Waals surface area contributed by atoms with Gasteiger partial charge >= 0.3 is 6.09 Å². The van der Waals surface area contributed by atoms with E-state index in [-0.39, 0.29) is 12.5 Å². The van der Waals surface area contributed by atoms with E-state index in [9.17, 15) is 9.59 Å². The van der Waals surface area contributed by atoms with Gasteiger partial charge in [-0.1, -0.05) is 48.5 Å². The lowest BCUT2D eigenvalue weighted by Crippen LogP contribution is -2.26. The normalized spacial score (nSPS) is 10.7. The number of fused-ring (bicyclic) bond motifs is 1. The second kappa shape index (κ2) is 11.7. The first-order valence-electron chi connectivity index (χ1n) is 10.5. The summed E-state index contributed by atoms with van der Waals surface area (Å²) in [7, 11) is 0. The fraction of sp³-hybridized carbons (Fsp3) is 0.333. The summed E-state index contributed by atoms with van der Waals surface area (Å²) in [6.07, 6.45) is 5.47. The van der Waals surface area contributed by atoms with Gasteiger partial charge in [-0.3, -0.25) is 4.79 Å². The van der Waals surface area contributed by atoms with Gasteiger partial charge in [0.15, 0.2) is 0 Å². The first kappa shape index (κ1) is 21.4. The molecule has 0 radical (unpaired) electrons. The predicted octanol–water partition coefficient (Wildman–Crippen LogP) is 4.31. The molecule has 30 heavy (non-hydrogen) atoms. The second-order valence-corrected chi connectivity index (χ2v) is 7.26. The Hall–Kier alpha value is -3.28. The van der Waals surface area contributed by atoms with Crippen LogP contribution in [0.15, 0.2) is 60.8 Å². The van der Waals surface area contributed by atoms with Crippen LogP contribution in [0.25, 0.3) is 10.9 Å². The zero-order chi connectivity index (χ0) is 21.0. The Morgan fingerprint density at radius 2 is 1.60 bits per heavy atom. The minimum atomic E-state index is -0.399. The average molecular weight is 408 g/mol. The van der Waals surface area contributed by atoms with Crippen molar-refractivity contribution in [3.63, 3.8) is 0 Å². The number of carbonyl (C=O) groups is 2. The number of aromatic amines is 1. The van der Waals surface area contributed by atoms with E-state index in [1.54, 1.807) is 0 Å². The van der Waals surface area contributed by atoms with Crippen molar-refractivity contribution in [2.45, 2.75) is 38.7 Å². The van der Waals surface area contributed by atoms with E-state index in [0.717, 1.165) is 36.8 Å². The molecule has 0 fully saturated rings. The van der Waals surface area contributed by atoms with E-state index < -0.39 is 6.09 Å². The molecular weight excluding hydrogens is 378 g/mol. The summed E-state index contributed by atoms with van der Waals surface area (Å²) in [6.45, 7) is 1.50. The highest BCUT2D eigenvalue weighted by Gasteiger charge is 2.06. The van der Waals surface area contributed by atoms with Gasteiger partial charge in [0, 0.05) is 36.6 Å². The largest absolute Gasteiger partial charge is 0.445 e. The zero-order valence-electron chi connectivity index (χ0n) is 17.2. The van der Waals surface area contributed by atoms with Crippen LogP contribution >= 0.6 is 0 Å². The van der Waals surface area contributed by atoms with E-state index in [4.69, 9.17) is 4.74 Å².